The van der Waals surface area contributed by atoms with Crippen molar-refractivity contribution in [3.63, 3.8) is 0 Å². The topological polar surface area (TPSA) is 92.4 Å². The van der Waals surface area contributed by atoms with Crippen molar-refractivity contribution in [1.29, 1.82) is 0 Å². The molecule has 6 nitrogen and oxygen atoms in total. The predicted octanol–water partition coefficient (Wildman–Crippen LogP) is 3.34. The van der Waals surface area contributed by atoms with Crippen LogP contribution in [0, 0.1) is 6.92 Å². The Morgan fingerprint density at radius 3 is 2.52 bits per heavy atom. The number of aliphatic carboxylic acids is 1. The van der Waals surface area contributed by atoms with Gasteiger partial charge in [-0.2, -0.15) is 0 Å². The molecule has 0 aliphatic heterocycles. The van der Waals surface area contributed by atoms with Gasteiger partial charge in [-0.3, -0.25) is 9.59 Å². The molecule has 0 aliphatic carbocycles. The van der Waals surface area contributed by atoms with Crippen molar-refractivity contribution in [3.05, 3.63) is 41.9 Å². The zero-order chi connectivity index (χ0) is 18.4. The summed E-state index contributed by atoms with van der Waals surface area (Å²) in [6.45, 7) is 5.65. The Bertz CT molecular complexity index is 732. The van der Waals surface area contributed by atoms with Crippen molar-refractivity contribution >= 4 is 11.9 Å². The molecule has 0 fully saturated rings. The average molecular weight is 344 g/mol. The smallest absolute Gasteiger partial charge is 0.303 e. The number of amides is 1. The molecule has 2 rings (SSSR count). The molecule has 0 bridgehead atoms. The summed E-state index contributed by atoms with van der Waals surface area (Å²) in [5, 5.41) is 11.6. The molecule has 0 spiro atoms. The largest absolute Gasteiger partial charge is 0.481 e. The third kappa shape index (κ3) is 6.06. The second-order valence-electron chi connectivity index (χ2n) is 6.81. The molecular weight excluding hydrogens is 320 g/mol. The summed E-state index contributed by atoms with van der Waals surface area (Å²) >= 11 is 0. The first-order valence-corrected chi connectivity index (χ1v) is 8.30. The van der Waals surface area contributed by atoms with Gasteiger partial charge in [-0.05, 0) is 27.2 Å². The maximum absolute atomic E-state index is 12.1. The van der Waals surface area contributed by atoms with Crippen LogP contribution in [0.5, 0.6) is 0 Å². The average Bonchev–Trinajstić information content (AvgIpc) is 3.00. The number of aryl methyl sites for hydroxylation is 2. The maximum Gasteiger partial charge on any atom is 0.303 e. The molecular formula is C19H24N2O4. The SMILES string of the molecule is Cc1ccc(-c2cnc(CCC(=O)NC(C)(C)CCC(=O)O)o2)cc1. The molecule has 2 N–H and O–H groups in total. The minimum Gasteiger partial charge on any atom is -0.481 e. The molecule has 0 atom stereocenters. The first-order chi connectivity index (χ1) is 11.7. The van der Waals surface area contributed by atoms with Gasteiger partial charge in [-0.25, -0.2) is 4.98 Å². The highest BCUT2D eigenvalue weighted by molar-refractivity contribution is 5.77. The van der Waals surface area contributed by atoms with Gasteiger partial charge >= 0.3 is 5.97 Å². The van der Waals surface area contributed by atoms with Crippen molar-refractivity contribution in [2.24, 2.45) is 0 Å². The van der Waals surface area contributed by atoms with Crippen LogP contribution in [-0.2, 0) is 16.0 Å². The first-order valence-electron chi connectivity index (χ1n) is 8.30. The van der Waals surface area contributed by atoms with Crippen LogP contribution in [0.3, 0.4) is 0 Å². The number of carboxylic acid groups (broad SMARTS) is 1. The van der Waals surface area contributed by atoms with Gasteiger partial charge in [-0.15, -0.1) is 0 Å². The Labute approximate surface area is 147 Å². The van der Waals surface area contributed by atoms with Crippen molar-refractivity contribution < 1.29 is 19.1 Å². The molecule has 0 saturated carbocycles. The van der Waals surface area contributed by atoms with Crippen LogP contribution in [0.15, 0.2) is 34.9 Å². The normalized spacial score (nSPS) is 11.3. The van der Waals surface area contributed by atoms with Gasteiger partial charge in [-0.1, -0.05) is 29.8 Å². The van der Waals surface area contributed by atoms with Crippen molar-refractivity contribution in [3.8, 4) is 11.3 Å². The number of hydrogen-bond acceptors (Lipinski definition) is 4. The first kappa shape index (κ1) is 18.7. The van der Waals surface area contributed by atoms with Crippen LogP contribution in [0.2, 0.25) is 0 Å². The van der Waals surface area contributed by atoms with Crippen LogP contribution >= 0.6 is 0 Å². The van der Waals surface area contributed by atoms with E-state index in [4.69, 9.17) is 9.52 Å². The van der Waals surface area contributed by atoms with Gasteiger partial charge in [0.25, 0.3) is 0 Å². The molecule has 0 unspecified atom stereocenters. The number of oxazole rings is 1. The fraction of sp³-hybridized carbons (Fsp3) is 0.421. The fourth-order valence-electron chi connectivity index (χ4n) is 2.42. The Hall–Kier alpha value is -2.63. The molecule has 1 amide bonds. The van der Waals surface area contributed by atoms with Crippen molar-refractivity contribution in [2.75, 3.05) is 0 Å². The van der Waals surface area contributed by atoms with E-state index in [1.54, 1.807) is 6.20 Å². The van der Waals surface area contributed by atoms with E-state index in [-0.39, 0.29) is 18.7 Å². The lowest BCUT2D eigenvalue weighted by Gasteiger charge is -2.25. The highest BCUT2D eigenvalue weighted by Gasteiger charge is 2.21. The zero-order valence-electron chi connectivity index (χ0n) is 14.8. The van der Waals surface area contributed by atoms with Gasteiger partial charge in [0.15, 0.2) is 11.7 Å². The van der Waals surface area contributed by atoms with Gasteiger partial charge < -0.3 is 14.8 Å². The van der Waals surface area contributed by atoms with Crippen LogP contribution in [0.1, 0.15) is 44.6 Å². The minimum atomic E-state index is -0.870. The van der Waals surface area contributed by atoms with E-state index in [0.29, 0.717) is 24.5 Å². The quantitative estimate of drug-likeness (QED) is 0.766. The molecule has 2 aromatic rings. The number of nitrogens with one attached hydrogen (secondary N) is 1. The van der Waals surface area contributed by atoms with Gasteiger partial charge in [0.05, 0.1) is 6.20 Å². The van der Waals surface area contributed by atoms with E-state index in [2.05, 4.69) is 10.3 Å². The van der Waals surface area contributed by atoms with Gasteiger partial charge in [0.1, 0.15) is 0 Å². The number of carbonyl (C=O) groups excluding carboxylic acids is 1. The van der Waals surface area contributed by atoms with Crippen LogP contribution in [0.25, 0.3) is 11.3 Å². The Morgan fingerprint density at radius 1 is 1.20 bits per heavy atom. The molecule has 1 aromatic heterocycles. The van der Waals surface area contributed by atoms with Gasteiger partial charge in [0.2, 0.25) is 5.91 Å². The van der Waals surface area contributed by atoms with E-state index >= 15 is 0 Å². The summed E-state index contributed by atoms with van der Waals surface area (Å²) in [6.07, 6.45) is 2.70. The monoisotopic (exact) mass is 344 g/mol. The number of aromatic nitrogens is 1. The Balaban J connectivity index is 1.86. The number of rotatable bonds is 8. The second kappa shape index (κ2) is 7.96. The van der Waals surface area contributed by atoms with Crippen LogP contribution < -0.4 is 5.32 Å². The molecule has 6 heteroatoms. The highest BCUT2D eigenvalue weighted by atomic mass is 16.4. The molecule has 1 aromatic carbocycles. The van der Waals surface area contributed by atoms with Crippen molar-refractivity contribution in [1.82, 2.24) is 10.3 Å². The summed E-state index contributed by atoms with van der Waals surface area (Å²) in [4.78, 5) is 26.9. The number of carbonyl (C=O) groups is 2. The Kier molecular flexibility index (Phi) is 5.96. The summed E-state index contributed by atoms with van der Waals surface area (Å²) in [5.41, 5.74) is 1.56. The van der Waals surface area contributed by atoms with E-state index in [0.717, 1.165) is 5.56 Å². The Morgan fingerprint density at radius 2 is 1.88 bits per heavy atom. The number of benzene rings is 1. The lowest BCUT2D eigenvalue weighted by atomic mass is 9.98. The molecule has 0 aliphatic rings. The summed E-state index contributed by atoms with van der Waals surface area (Å²) in [6, 6.07) is 7.95. The second-order valence-corrected chi connectivity index (χ2v) is 6.81. The molecule has 134 valence electrons. The fourth-order valence-corrected chi connectivity index (χ4v) is 2.42. The van der Waals surface area contributed by atoms with E-state index in [1.807, 2.05) is 45.0 Å². The minimum absolute atomic E-state index is 0.0208. The zero-order valence-corrected chi connectivity index (χ0v) is 14.8. The predicted molar refractivity (Wildman–Crippen MR) is 94.1 cm³/mol. The third-order valence-corrected chi connectivity index (χ3v) is 3.90. The number of nitrogens with zero attached hydrogens (tertiary/aromatic N) is 1. The summed E-state index contributed by atoms with van der Waals surface area (Å²) in [5.74, 6) is 0.169. The number of carboxylic acids is 1. The van der Waals surface area contributed by atoms with Gasteiger partial charge in [0, 0.05) is 30.4 Å². The third-order valence-electron chi connectivity index (χ3n) is 3.90. The van der Waals surface area contributed by atoms with E-state index in [9.17, 15) is 9.59 Å². The molecule has 1 heterocycles. The van der Waals surface area contributed by atoms with E-state index < -0.39 is 11.5 Å². The lowest BCUT2D eigenvalue weighted by molar-refractivity contribution is -0.137. The van der Waals surface area contributed by atoms with Crippen LogP contribution in [-0.4, -0.2) is 27.5 Å². The maximum atomic E-state index is 12.1. The lowest BCUT2D eigenvalue weighted by Crippen LogP contribution is -2.43. The molecule has 0 radical (unpaired) electrons. The summed E-state index contributed by atoms with van der Waals surface area (Å²) in [7, 11) is 0. The number of hydrogen-bond donors (Lipinski definition) is 2. The van der Waals surface area contributed by atoms with E-state index in [1.165, 1.54) is 5.56 Å². The summed E-state index contributed by atoms with van der Waals surface area (Å²) < 4.78 is 5.70. The van der Waals surface area contributed by atoms with Crippen LogP contribution in [0.4, 0.5) is 0 Å². The standard InChI is InChI=1S/C19H24N2O4/c1-13-4-6-14(7-5-13)15-12-20-17(25-15)9-8-16(22)21-19(2,3)11-10-18(23)24/h4-7,12H,8-11H2,1-3H3,(H,21,22)(H,23,24). The highest BCUT2D eigenvalue weighted by Crippen LogP contribution is 2.21. The molecule has 25 heavy (non-hydrogen) atoms. The van der Waals surface area contributed by atoms with Crippen molar-refractivity contribution in [2.45, 2.75) is 52.0 Å². The molecule has 0 saturated heterocycles.